The van der Waals surface area contributed by atoms with E-state index < -0.39 is 0 Å². The number of likely N-dealkylation sites (tertiary alicyclic amines) is 1. The number of nitrogens with zero attached hydrogens (tertiary/aromatic N) is 2. The average Bonchev–Trinajstić information content (AvgIpc) is 2.27. The first kappa shape index (κ1) is 11.8. The van der Waals surface area contributed by atoms with E-state index in [0.29, 0.717) is 13.1 Å². The summed E-state index contributed by atoms with van der Waals surface area (Å²) in [6, 6.07) is 0. The maximum absolute atomic E-state index is 11.7. The molecule has 0 aliphatic carbocycles. The lowest BCUT2D eigenvalue weighted by Crippen LogP contribution is -2.43. The summed E-state index contributed by atoms with van der Waals surface area (Å²) in [4.78, 5) is 13.5. The van der Waals surface area contributed by atoms with E-state index in [1.807, 2.05) is 18.7 Å². The van der Waals surface area contributed by atoms with E-state index >= 15 is 0 Å². The van der Waals surface area contributed by atoms with Crippen LogP contribution >= 0.6 is 0 Å². The minimum Gasteiger partial charge on any atom is -0.409 e. The van der Waals surface area contributed by atoms with Crippen LogP contribution in [0.4, 0.5) is 0 Å². The maximum atomic E-state index is 11.7. The number of amidine groups is 1. The molecule has 1 heterocycles. The van der Waals surface area contributed by atoms with Crippen LogP contribution in [0.25, 0.3) is 0 Å². The molecule has 1 saturated heterocycles. The van der Waals surface area contributed by atoms with Gasteiger partial charge in [-0.15, -0.1) is 0 Å². The molecule has 0 saturated carbocycles. The Morgan fingerprint density at radius 2 is 2.00 bits per heavy atom. The Kier molecular flexibility index (Phi) is 3.94. The second-order valence-corrected chi connectivity index (χ2v) is 4.28. The largest absolute Gasteiger partial charge is 0.409 e. The third kappa shape index (κ3) is 2.84. The Labute approximate surface area is 89.9 Å². The molecule has 3 N–H and O–H groups in total. The molecule has 0 spiro atoms. The quantitative estimate of drug-likeness (QED) is 0.305. The fourth-order valence-corrected chi connectivity index (χ4v) is 1.84. The number of piperidine rings is 1. The fraction of sp³-hybridized carbons (Fsp3) is 0.800. The zero-order valence-electron chi connectivity index (χ0n) is 9.31. The standard InChI is InChI=1S/C10H19N3O2/c1-7(2)10(14)13-5-3-8(4-6-13)9(11)12-15/h7-8,15H,3-6H2,1-2H3,(H2,11,12). The number of hydrogen-bond donors (Lipinski definition) is 2. The van der Waals surface area contributed by atoms with Crippen LogP contribution in [0.1, 0.15) is 26.7 Å². The highest BCUT2D eigenvalue weighted by molar-refractivity contribution is 5.83. The smallest absolute Gasteiger partial charge is 0.225 e. The predicted octanol–water partition coefficient (Wildman–Crippen LogP) is 0.627. The van der Waals surface area contributed by atoms with Crippen LogP contribution in [0.5, 0.6) is 0 Å². The lowest BCUT2D eigenvalue weighted by Gasteiger charge is -2.32. The zero-order chi connectivity index (χ0) is 11.4. The van der Waals surface area contributed by atoms with Gasteiger partial charge in [0.05, 0.1) is 0 Å². The molecule has 0 aromatic rings. The van der Waals surface area contributed by atoms with Gasteiger partial charge in [-0.2, -0.15) is 0 Å². The first-order chi connectivity index (χ1) is 7.06. The third-order valence-corrected chi connectivity index (χ3v) is 2.83. The van der Waals surface area contributed by atoms with Crippen LogP contribution in [-0.2, 0) is 4.79 Å². The first-order valence-corrected chi connectivity index (χ1v) is 5.32. The van der Waals surface area contributed by atoms with Gasteiger partial charge in [0.25, 0.3) is 0 Å². The van der Waals surface area contributed by atoms with Gasteiger partial charge in [0.1, 0.15) is 5.84 Å². The van der Waals surface area contributed by atoms with Crippen molar-refractivity contribution in [1.29, 1.82) is 0 Å². The van der Waals surface area contributed by atoms with Gasteiger partial charge < -0.3 is 15.8 Å². The number of hydrogen-bond acceptors (Lipinski definition) is 3. The Morgan fingerprint density at radius 1 is 1.47 bits per heavy atom. The molecule has 5 nitrogen and oxygen atoms in total. The average molecular weight is 213 g/mol. The molecule has 0 bridgehead atoms. The molecule has 1 fully saturated rings. The van der Waals surface area contributed by atoms with Gasteiger partial charge in [-0.05, 0) is 12.8 Å². The summed E-state index contributed by atoms with van der Waals surface area (Å²) in [5.41, 5.74) is 5.53. The van der Waals surface area contributed by atoms with Gasteiger partial charge in [0.2, 0.25) is 5.91 Å². The fourth-order valence-electron chi connectivity index (χ4n) is 1.84. The Hall–Kier alpha value is -1.26. The van der Waals surface area contributed by atoms with E-state index in [0.717, 1.165) is 12.8 Å². The highest BCUT2D eigenvalue weighted by Crippen LogP contribution is 2.18. The number of carbonyl (C=O) groups excluding carboxylic acids is 1. The third-order valence-electron chi connectivity index (χ3n) is 2.83. The molecule has 0 aromatic heterocycles. The molecule has 86 valence electrons. The zero-order valence-corrected chi connectivity index (χ0v) is 9.31. The lowest BCUT2D eigenvalue weighted by atomic mass is 9.95. The van der Waals surface area contributed by atoms with Gasteiger partial charge in [-0.25, -0.2) is 0 Å². The van der Waals surface area contributed by atoms with Crippen molar-refractivity contribution in [3.05, 3.63) is 0 Å². The minimum atomic E-state index is 0.0467. The number of nitrogens with two attached hydrogens (primary N) is 1. The molecular formula is C10H19N3O2. The SMILES string of the molecule is CC(C)C(=O)N1CCC(C(N)=NO)CC1. The van der Waals surface area contributed by atoms with Gasteiger partial charge in [-0.1, -0.05) is 19.0 Å². The van der Waals surface area contributed by atoms with Crippen LogP contribution in [0.2, 0.25) is 0 Å². The predicted molar refractivity (Wildman–Crippen MR) is 57.6 cm³/mol. The number of amides is 1. The molecule has 0 unspecified atom stereocenters. The summed E-state index contributed by atoms with van der Waals surface area (Å²) >= 11 is 0. The number of carbonyl (C=O) groups is 1. The van der Waals surface area contributed by atoms with Crippen LogP contribution < -0.4 is 5.73 Å². The monoisotopic (exact) mass is 213 g/mol. The molecule has 1 amide bonds. The van der Waals surface area contributed by atoms with Gasteiger partial charge in [-0.3, -0.25) is 4.79 Å². The summed E-state index contributed by atoms with van der Waals surface area (Å²) in [7, 11) is 0. The van der Waals surface area contributed by atoms with Crippen LogP contribution in [0.3, 0.4) is 0 Å². The molecular weight excluding hydrogens is 194 g/mol. The number of oxime groups is 1. The molecule has 1 aliphatic rings. The molecule has 1 aliphatic heterocycles. The summed E-state index contributed by atoms with van der Waals surface area (Å²) in [6.07, 6.45) is 1.57. The lowest BCUT2D eigenvalue weighted by molar-refractivity contribution is -0.135. The number of rotatable bonds is 2. The molecule has 0 aromatic carbocycles. The Morgan fingerprint density at radius 3 is 2.40 bits per heavy atom. The van der Waals surface area contributed by atoms with Crippen molar-refractivity contribution in [3.63, 3.8) is 0 Å². The second kappa shape index (κ2) is 5.00. The van der Waals surface area contributed by atoms with Crippen molar-refractivity contribution in [2.75, 3.05) is 13.1 Å². The van der Waals surface area contributed by atoms with E-state index in [9.17, 15) is 4.79 Å². The van der Waals surface area contributed by atoms with Crippen LogP contribution in [-0.4, -0.2) is 34.9 Å². The van der Waals surface area contributed by atoms with Crippen LogP contribution in [0, 0.1) is 11.8 Å². The van der Waals surface area contributed by atoms with Crippen molar-refractivity contribution in [2.45, 2.75) is 26.7 Å². The highest BCUT2D eigenvalue weighted by atomic mass is 16.4. The van der Waals surface area contributed by atoms with E-state index in [4.69, 9.17) is 10.9 Å². The van der Waals surface area contributed by atoms with Crippen molar-refractivity contribution >= 4 is 11.7 Å². The van der Waals surface area contributed by atoms with E-state index in [2.05, 4.69) is 5.16 Å². The summed E-state index contributed by atoms with van der Waals surface area (Å²) in [5, 5.41) is 11.5. The summed E-state index contributed by atoms with van der Waals surface area (Å²) < 4.78 is 0. The Balaban J connectivity index is 2.46. The van der Waals surface area contributed by atoms with E-state index in [1.54, 1.807) is 0 Å². The minimum absolute atomic E-state index is 0.0467. The molecule has 1 rings (SSSR count). The van der Waals surface area contributed by atoms with Crippen molar-refractivity contribution in [1.82, 2.24) is 4.90 Å². The van der Waals surface area contributed by atoms with Gasteiger partial charge in [0, 0.05) is 24.9 Å². The summed E-state index contributed by atoms with van der Waals surface area (Å²) in [5.74, 6) is 0.635. The molecule has 0 atom stereocenters. The van der Waals surface area contributed by atoms with E-state index in [1.165, 1.54) is 0 Å². The van der Waals surface area contributed by atoms with Crippen LogP contribution in [0.15, 0.2) is 5.16 Å². The van der Waals surface area contributed by atoms with E-state index in [-0.39, 0.29) is 23.6 Å². The van der Waals surface area contributed by atoms with Crippen molar-refractivity contribution < 1.29 is 10.0 Å². The normalized spacial score (nSPS) is 19.7. The molecule has 5 heteroatoms. The molecule has 0 radical (unpaired) electrons. The first-order valence-electron chi connectivity index (χ1n) is 5.32. The van der Waals surface area contributed by atoms with Crippen molar-refractivity contribution in [3.8, 4) is 0 Å². The maximum Gasteiger partial charge on any atom is 0.225 e. The topological polar surface area (TPSA) is 78.9 Å². The highest BCUT2D eigenvalue weighted by Gasteiger charge is 2.26. The Bertz CT molecular complexity index is 255. The van der Waals surface area contributed by atoms with Gasteiger partial charge in [0.15, 0.2) is 0 Å². The summed E-state index contributed by atoms with van der Waals surface area (Å²) in [6.45, 7) is 5.21. The van der Waals surface area contributed by atoms with Crippen molar-refractivity contribution in [2.24, 2.45) is 22.7 Å². The second-order valence-electron chi connectivity index (χ2n) is 4.28. The van der Waals surface area contributed by atoms with Gasteiger partial charge >= 0.3 is 0 Å². The molecule has 15 heavy (non-hydrogen) atoms.